The number of nitro groups is 2. The van der Waals surface area contributed by atoms with Crippen molar-refractivity contribution in [2.24, 2.45) is 0 Å². The summed E-state index contributed by atoms with van der Waals surface area (Å²) < 4.78 is 38.2. The monoisotopic (exact) mass is 335 g/mol. The van der Waals surface area contributed by atoms with Crippen molar-refractivity contribution in [3.05, 3.63) is 37.9 Å². The van der Waals surface area contributed by atoms with Crippen molar-refractivity contribution in [1.29, 1.82) is 0 Å². The molecule has 1 aromatic rings. The number of rotatable bonds is 8. The standard InChI is InChI=1S/C13H16F3N3O4/c1-2-3-4-5-6-17-12-10(18(20)21)7-9(13(14,15)16)8-11(12)19(22)23/h7-8,17H,2-6H2,1H3. The van der Waals surface area contributed by atoms with E-state index in [1.54, 1.807) is 0 Å². The molecule has 0 bridgehead atoms. The quantitative estimate of drug-likeness (QED) is 0.428. The Bertz CT molecular complexity index is 555. The van der Waals surface area contributed by atoms with Crippen LogP contribution < -0.4 is 5.32 Å². The van der Waals surface area contributed by atoms with Crippen molar-refractivity contribution in [3.63, 3.8) is 0 Å². The molecule has 0 saturated carbocycles. The summed E-state index contributed by atoms with van der Waals surface area (Å²) >= 11 is 0. The lowest BCUT2D eigenvalue weighted by Gasteiger charge is -2.11. The summed E-state index contributed by atoms with van der Waals surface area (Å²) in [6, 6.07) is 0.614. The Balaban J connectivity index is 3.20. The lowest BCUT2D eigenvalue weighted by atomic mass is 10.1. The average molecular weight is 335 g/mol. The van der Waals surface area contributed by atoms with Gasteiger partial charge in [0, 0.05) is 18.7 Å². The van der Waals surface area contributed by atoms with Gasteiger partial charge in [-0.1, -0.05) is 26.2 Å². The minimum atomic E-state index is -4.91. The predicted octanol–water partition coefficient (Wildman–Crippen LogP) is 4.51. The second-order valence-electron chi connectivity index (χ2n) is 4.89. The molecule has 1 rings (SSSR count). The number of benzene rings is 1. The number of nitrogens with zero attached hydrogens (tertiary/aromatic N) is 2. The van der Waals surface area contributed by atoms with E-state index in [0.29, 0.717) is 18.6 Å². The second kappa shape index (κ2) is 7.75. The summed E-state index contributed by atoms with van der Waals surface area (Å²) in [7, 11) is 0. The number of alkyl halides is 3. The molecular formula is C13H16F3N3O4. The van der Waals surface area contributed by atoms with E-state index in [4.69, 9.17) is 0 Å². The van der Waals surface area contributed by atoms with Gasteiger partial charge in [-0.05, 0) is 6.42 Å². The van der Waals surface area contributed by atoms with E-state index in [2.05, 4.69) is 5.32 Å². The van der Waals surface area contributed by atoms with Gasteiger partial charge in [-0.25, -0.2) is 0 Å². The lowest BCUT2D eigenvalue weighted by molar-refractivity contribution is -0.392. The molecule has 0 aromatic heterocycles. The summed E-state index contributed by atoms with van der Waals surface area (Å²) in [5.41, 5.74) is -3.83. The van der Waals surface area contributed by atoms with Crippen molar-refractivity contribution in [2.75, 3.05) is 11.9 Å². The highest BCUT2D eigenvalue weighted by Crippen LogP contribution is 2.41. The largest absolute Gasteiger partial charge is 0.416 e. The van der Waals surface area contributed by atoms with Gasteiger partial charge in [-0.15, -0.1) is 0 Å². The zero-order valence-electron chi connectivity index (χ0n) is 12.4. The Labute approximate surface area is 129 Å². The third kappa shape index (κ3) is 5.08. The van der Waals surface area contributed by atoms with Crippen LogP contribution in [-0.4, -0.2) is 16.4 Å². The van der Waals surface area contributed by atoms with Gasteiger partial charge in [0.1, 0.15) is 0 Å². The highest BCUT2D eigenvalue weighted by molar-refractivity contribution is 5.75. The van der Waals surface area contributed by atoms with Crippen LogP contribution in [0, 0.1) is 20.2 Å². The van der Waals surface area contributed by atoms with Gasteiger partial charge in [-0.3, -0.25) is 20.2 Å². The normalized spacial score (nSPS) is 11.3. The van der Waals surface area contributed by atoms with Crippen LogP contribution in [0.4, 0.5) is 30.2 Å². The zero-order chi connectivity index (χ0) is 17.6. The van der Waals surface area contributed by atoms with E-state index in [1.165, 1.54) is 0 Å². The fourth-order valence-corrected chi connectivity index (χ4v) is 2.01. The summed E-state index contributed by atoms with van der Waals surface area (Å²) in [5.74, 6) is 0. The molecule has 1 N–H and O–H groups in total. The van der Waals surface area contributed by atoms with Gasteiger partial charge in [0.2, 0.25) is 0 Å². The molecule has 0 saturated heterocycles. The predicted molar refractivity (Wildman–Crippen MR) is 77.4 cm³/mol. The first-order chi connectivity index (χ1) is 10.7. The maximum absolute atomic E-state index is 12.7. The summed E-state index contributed by atoms with van der Waals surface area (Å²) in [4.78, 5) is 19.9. The van der Waals surface area contributed by atoms with Crippen LogP contribution in [0.15, 0.2) is 12.1 Å². The Morgan fingerprint density at radius 1 is 1.04 bits per heavy atom. The molecule has 1 aromatic carbocycles. The maximum Gasteiger partial charge on any atom is 0.416 e. The first-order valence-corrected chi connectivity index (χ1v) is 6.96. The van der Waals surface area contributed by atoms with E-state index < -0.39 is 38.6 Å². The van der Waals surface area contributed by atoms with Crippen LogP contribution in [0.1, 0.15) is 38.2 Å². The van der Waals surface area contributed by atoms with Gasteiger partial charge >= 0.3 is 6.18 Å². The summed E-state index contributed by atoms with van der Waals surface area (Å²) in [6.07, 6.45) is -1.61. The smallest absolute Gasteiger partial charge is 0.374 e. The van der Waals surface area contributed by atoms with Gasteiger partial charge in [0.05, 0.1) is 15.4 Å². The van der Waals surface area contributed by atoms with E-state index in [1.807, 2.05) is 6.92 Å². The van der Waals surface area contributed by atoms with E-state index in [9.17, 15) is 33.4 Å². The fourth-order valence-electron chi connectivity index (χ4n) is 2.01. The molecule has 0 aliphatic rings. The molecule has 0 fully saturated rings. The molecule has 0 heterocycles. The third-order valence-corrected chi connectivity index (χ3v) is 3.15. The number of nitro benzene ring substituents is 2. The number of halogens is 3. The molecule has 0 amide bonds. The van der Waals surface area contributed by atoms with Crippen molar-refractivity contribution in [3.8, 4) is 0 Å². The molecule has 23 heavy (non-hydrogen) atoms. The van der Waals surface area contributed by atoms with E-state index >= 15 is 0 Å². The van der Waals surface area contributed by atoms with Crippen LogP contribution in [0.2, 0.25) is 0 Å². The number of hydrogen-bond acceptors (Lipinski definition) is 5. The number of nitrogens with one attached hydrogen (secondary N) is 1. The second-order valence-corrected chi connectivity index (χ2v) is 4.89. The van der Waals surface area contributed by atoms with Crippen molar-refractivity contribution in [2.45, 2.75) is 38.8 Å². The molecule has 0 aliphatic heterocycles. The van der Waals surface area contributed by atoms with Gasteiger partial charge < -0.3 is 5.32 Å². The Morgan fingerprint density at radius 2 is 1.57 bits per heavy atom. The highest BCUT2D eigenvalue weighted by atomic mass is 19.4. The van der Waals surface area contributed by atoms with E-state index in [0.717, 1.165) is 19.3 Å². The fraction of sp³-hybridized carbons (Fsp3) is 0.538. The molecule has 128 valence electrons. The van der Waals surface area contributed by atoms with Gasteiger partial charge in [0.25, 0.3) is 11.4 Å². The lowest BCUT2D eigenvalue weighted by Crippen LogP contribution is -2.11. The molecular weight excluding hydrogens is 319 g/mol. The summed E-state index contributed by atoms with van der Waals surface area (Å²) in [5, 5.41) is 24.5. The first-order valence-electron chi connectivity index (χ1n) is 6.96. The minimum absolute atomic E-state index is 0.201. The Kier molecular flexibility index (Phi) is 6.28. The highest BCUT2D eigenvalue weighted by Gasteiger charge is 2.37. The van der Waals surface area contributed by atoms with Crippen LogP contribution in [0.3, 0.4) is 0 Å². The molecule has 0 atom stereocenters. The Morgan fingerprint density at radius 3 is 1.96 bits per heavy atom. The molecule has 0 unspecified atom stereocenters. The third-order valence-electron chi connectivity index (χ3n) is 3.15. The average Bonchev–Trinajstić information content (AvgIpc) is 2.45. The van der Waals surface area contributed by atoms with Crippen LogP contribution in [-0.2, 0) is 6.18 Å². The molecule has 0 spiro atoms. The van der Waals surface area contributed by atoms with Gasteiger partial charge in [-0.2, -0.15) is 13.2 Å². The SMILES string of the molecule is CCCCCCNc1c([N+](=O)[O-])cc(C(F)(F)F)cc1[N+](=O)[O-]. The van der Waals surface area contributed by atoms with Crippen molar-refractivity contribution >= 4 is 17.1 Å². The number of unbranched alkanes of at least 4 members (excludes halogenated alkanes) is 3. The molecule has 0 radical (unpaired) electrons. The van der Waals surface area contributed by atoms with Crippen molar-refractivity contribution in [1.82, 2.24) is 0 Å². The molecule has 10 heteroatoms. The molecule has 7 nitrogen and oxygen atoms in total. The maximum atomic E-state index is 12.7. The number of hydrogen-bond donors (Lipinski definition) is 1. The summed E-state index contributed by atoms with van der Waals surface area (Å²) in [6.45, 7) is 2.19. The first kappa shape index (κ1) is 18.7. The minimum Gasteiger partial charge on any atom is -0.374 e. The molecule has 0 aliphatic carbocycles. The Hall–Kier alpha value is -2.39. The van der Waals surface area contributed by atoms with Crippen molar-refractivity contribution < 1.29 is 23.0 Å². The van der Waals surface area contributed by atoms with Gasteiger partial charge in [0.15, 0.2) is 5.69 Å². The number of anilines is 1. The van der Waals surface area contributed by atoms with E-state index in [-0.39, 0.29) is 6.54 Å². The zero-order valence-corrected chi connectivity index (χ0v) is 12.4. The van der Waals surface area contributed by atoms with Crippen LogP contribution >= 0.6 is 0 Å². The topological polar surface area (TPSA) is 98.3 Å². The van der Waals surface area contributed by atoms with Crippen LogP contribution in [0.5, 0.6) is 0 Å². The van der Waals surface area contributed by atoms with Crippen LogP contribution in [0.25, 0.3) is 0 Å².